The van der Waals surface area contributed by atoms with Gasteiger partial charge >= 0.3 is 0 Å². The lowest BCUT2D eigenvalue weighted by atomic mass is 9.98. The molecule has 1 atom stereocenters. The van der Waals surface area contributed by atoms with Crippen molar-refractivity contribution in [2.24, 2.45) is 4.99 Å². The summed E-state index contributed by atoms with van der Waals surface area (Å²) in [4.78, 5) is 26.6. The van der Waals surface area contributed by atoms with Crippen LogP contribution in [0.3, 0.4) is 0 Å². The number of aryl methyl sites for hydroxylation is 1. The first-order valence-electron chi connectivity index (χ1n) is 7.51. The van der Waals surface area contributed by atoms with E-state index in [-0.39, 0.29) is 17.9 Å². The fourth-order valence-corrected chi connectivity index (χ4v) is 2.84. The van der Waals surface area contributed by atoms with E-state index < -0.39 is 10.6 Å². The third kappa shape index (κ3) is 3.06. The number of hydrogen-bond donors (Lipinski definition) is 1. The summed E-state index contributed by atoms with van der Waals surface area (Å²) in [6.07, 6.45) is 2.30. The van der Waals surface area contributed by atoms with Crippen molar-refractivity contribution < 1.29 is 14.1 Å². The summed E-state index contributed by atoms with van der Waals surface area (Å²) in [7, 11) is 0. The van der Waals surface area contributed by atoms with E-state index in [1.807, 2.05) is 0 Å². The molecule has 0 spiro atoms. The van der Waals surface area contributed by atoms with E-state index in [1.54, 1.807) is 19.1 Å². The zero-order valence-corrected chi connectivity index (χ0v) is 13.3. The van der Waals surface area contributed by atoms with E-state index in [2.05, 4.69) is 10.4 Å². The van der Waals surface area contributed by atoms with Gasteiger partial charge in [0.05, 0.1) is 10.6 Å². The SMILES string of the molecule is Cc1cc(CC2(C=O)N=CNN2c2ccc(F)cc2)ccc1[N+](=O)[O-]. The average Bonchev–Trinajstić information content (AvgIpc) is 2.99. The second-order valence-electron chi connectivity index (χ2n) is 5.75. The van der Waals surface area contributed by atoms with Gasteiger partial charge in [-0.2, -0.15) is 0 Å². The molecule has 0 saturated heterocycles. The number of carbonyl (C=O) groups excluding carboxylic acids is 1. The lowest BCUT2D eigenvalue weighted by Crippen LogP contribution is -2.52. The summed E-state index contributed by atoms with van der Waals surface area (Å²) >= 11 is 0. The highest BCUT2D eigenvalue weighted by molar-refractivity contribution is 5.80. The summed E-state index contributed by atoms with van der Waals surface area (Å²) < 4.78 is 13.1. The first-order valence-corrected chi connectivity index (χ1v) is 7.51. The molecule has 0 aromatic heterocycles. The predicted molar refractivity (Wildman–Crippen MR) is 90.8 cm³/mol. The van der Waals surface area contributed by atoms with Gasteiger partial charge < -0.3 is 0 Å². The second-order valence-corrected chi connectivity index (χ2v) is 5.75. The lowest BCUT2D eigenvalue weighted by Gasteiger charge is -2.33. The van der Waals surface area contributed by atoms with E-state index in [4.69, 9.17) is 0 Å². The number of benzene rings is 2. The Balaban J connectivity index is 1.93. The van der Waals surface area contributed by atoms with Gasteiger partial charge in [-0.1, -0.05) is 6.07 Å². The summed E-state index contributed by atoms with van der Waals surface area (Å²) in [5.41, 5.74) is 3.45. The molecule has 7 nitrogen and oxygen atoms in total. The topological polar surface area (TPSA) is 87.8 Å². The Labute approximate surface area is 142 Å². The van der Waals surface area contributed by atoms with Crippen molar-refractivity contribution in [1.29, 1.82) is 0 Å². The quantitative estimate of drug-likeness (QED) is 0.512. The third-order valence-electron chi connectivity index (χ3n) is 4.06. The summed E-state index contributed by atoms with van der Waals surface area (Å²) in [5, 5.41) is 12.5. The van der Waals surface area contributed by atoms with Crippen LogP contribution in [-0.2, 0) is 11.2 Å². The number of nitrogens with one attached hydrogen (secondary N) is 1. The minimum atomic E-state index is -1.25. The molecule has 1 aliphatic rings. The molecule has 1 aliphatic heterocycles. The molecule has 3 rings (SSSR count). The van der Waals surface area contributed by atoms with Crippen molar-refractivity contribution in [1.82, 2.24) is 5.43 Å². The molecule has 1 heterocycles. The summed E-state index contributed by atoms with van der Waals surface area (Å²) in [6.45, 7) is 1.64. The van der Waals surface area contributed by atoms with Gasteiger partial charge in [-0.15, -0.1) is 0 Å². The number of nitro benzene ring substituents is 1. The fourth-order valence-electron chi connectivity index (χ4n) is 2.84. The van der Waals surface area contributed by atoms with Gasteiger partial charge in [-0.05, 0) is 42.8 Å². The van der Waals surface area contributed by atoms with Gasteiger partial charge in [0.25, 0.3) is 5.69 Å². The number of carbonyl (C=O) groups is 1. The number of hydrogen-bond acceptors (Lipinski definition) is 6. The van der Waals surface area contributed by atoms with Crippen molar-refractivity contribution in [3.8, 4) is 0 Å². The highest BCUT2D eigenvalue weighted by atomic mass is 19.1. The monoisotopic (exact) mass is 342 g/mol. The number of aliphatic imine (C=N–C) groups is 1. The molecule has 0 radical (unpaired) electrons. The number of aldehydes is 1. The van der Waals surface area contributed by atoms with Crippen LogP contribution in [0.25, 0.3) is 0 Å². The molecule has 0 bridgehead atoms. The highest BCUT2D eigenvalue weighted by Crippen LogP contribution is 2.29. The second kappa shape index (κ2) is 6.31. The maximum absolute atomic E-state index is 13.1. The third-order valence-corrected chi connectivity index (χ3v) is 4.06. The van der Waals surface area contributed by atoms with Gasteiger partial charge in [0, 0.05) is 18.1 Å². The Kier molecular flexibility index (Phi) is 4.18. The minimum Gasteiger partial charge on any atom is -0.298 e. The first kappa shape index (κ1) is 16.6. The van der Waals surface area contributed by atoms with E-state index in [9.17, 15) is 19.3 Å². The summed E-state index contributed by atoms with van der Waals surface area (Å²) in [6, 6.07) is 10.3. The van der Waals surface area contributed by atoms with Crippen LogP contribution in [0, 0.1) is 22.9 Å². The number of halogens is 1. The zero-order chi connectivity index (χ0) is 18.0. The highest BCUT2D eigenvalue weighted by Gasteiger charge is 2.40. The Bertz CT molecular complexity index is 853. The maximum atomic E-state index is 13.1. The molecular formula is C17H15FN4O3. The van der Waals surface area contributed by atoms with E-state index in [0.29, 0.717) is 17.5 Å². The predicted octanol–water partition coefficient (Wildman–Crippen LogP) is 2.53. The summed E-state index contributed by atoms with van der Waals surface area (Å²) in [5.74, 6) is -0.383. The molecular weight excluding hydrogens is 327 g/mol. The first-order chi connectivity index (χ1) is 11.9. The van der Waals surface area contributed by atoms with Crippen molar-refractivity contribution in [3.05, 3.63) is 69.5 Å². The Morgan fingerprint density at radius 1 is 1.32 bits per heavy atom. The lowest BCUT2D eigenvalue weighted by molar-refractivity contribution is -0.385. The Morgan fingerprint density at radius 3 is 2.64 bits per heavy atom. The van der Waals surface area contributed by atoms with Gasteiger partial charge in [-0.25, -0.2) is 9.38 Å². The largest absolute Gasteiger partial charge is 0.298 e. The fraction of sp³-hybridized carbons (Fsp3) is 0.176. The zero-order valence-electron chi connectivity index (χ0n) is 13.3. The molecule has 1 N–H and O–H groups in total. The normalized spacial score (nSPS) is 18.9. The number of nitro groups is 1. The van der Waals surface area contributed by atoms with E-state index in [1.165, 1.54) is 41.7 Å². The molecule has 8 heteroatoms. The van der Waals surface area contributed by atoms with E-state index >= 15 is 0 Å². The molecule has 1 unspecified atom stereocenters. The van der Waals surface area contributed by atoms with Crippen molar-refractivity contribution in [3.63, 3.8) is 0 Å². The molecule has 25 heavy (non-hydrogen) atoms. The van der Waals surface area contributed by atoms with Crippen LogP contribution in [0.4, 0.5) is 15.8 Å². The number of hydrazine groups is 1. The van der Waals surface area contributed by atoms with Crippen LogP contribution in [0.1, 0.15) is 11.1 Å². The molecule has 0 aliphatic carbocycles. The van der Waals surface area contributed by atoms with Crippen LogP contribution in [0.15, 0.2) is 47.5 Å². The van der Waals surface area contributed by atoms with Crippen molar-refractivity contribution in [2.75, 3.05) is 5.01 Å². The molecule has 0 saturated carbocycles. The average molecular weight is 342 g/mol. The number of nitrogens with zero attached hydrogens (tertiary/aromatic N) is 3. The molecule has 2 aromatic rings. The Hall–Kier alpha value is -3.29. The van der Waals surface area contributed by atoms with E-state index in [0.717, 1.165) is 5.56 Å². The minimum absolute atomic E-state index is 0.0207. The maximum Gasteiger partial charge on any atom is 0.272 e. The van der Waals surface area contributed by atoms with Crippen molar-refractivity contribution >= 4 is 24.0 Å². The number of rotatable bonds is 5. The van der Waals surface area contributed by atoms with Crippen molar-refractivity contribution in [2.45, 2.75) is 19.0 Å². The molecule has 128 valence electrons. The molecule has 0 amide bonds. The van der Waals surface area contributed by atoms with Crippen LogP contribution in [-0.4, -0.2) is 23.2 Å². The number of anilines is 1. The van der Waals surface area contributed by atoms with Gasteiger partial charge in [0.15, 0.2) is 6.29 Å². The van der Waals surface area contributed by atoms with Gasteiger partial charge in [0.1, 0.15) is 12.2 Å². The Morgan fingerprint density at radius 2 is 2.04 bits per heavy atom. The molecule has 0 fully saturated rings. The van der Waals surface area contributed by atoms with Crippen LogP contribution >= 0.6 is 0 Å². The smallest absolute Gasteiger partial charge is 0.272 e. The van der Waals surface area contributed by atoms with Crippen LogP contribution in [0.2, 0.25) is 0 Å². The van der Waals surface area contributed by atoms with Crippen LogP contribution in [0.5, 0.6) is 0 Å². The van der Waals surface area contributed by atoms with Gasteiger partial charge in [-0.3, -0.25) is 25.3 Å². The standard InChI is InChI=1S/C17H15FN4O3/c1-12-8-13(2-7-16(12)22(24)25)9-17(10-23)19-11-20-21(17)15-5-3-14(18)4-6-15/h2-8,10-11H,9H2,1H3,(H,19,20). The van der Waals surface area contributed by atoms with Crippen LogP contribution < -0.4 is 10.4 Å². The van der Waals surface area contributed by atoms with Gasteiger partial charge in [0.2, 0.25) is 5.66 Å². The molecule has 2 aromatic carbocycles.